The second-order valence-corrected chi connectivity index (χ2v) is 7.24. The van der Waals surface area contributed by atoms with Crippen molar-refractivity contribution in [3.8, 4) is 0 Å². The van der Waals surface area contributed by atoms with Gasteiger partial charge in [0.05, 0.1) is 17.6 Å². The van der Waals surface area contributed by atoms with E-state index in [1.807, 2.05) is 0 Å². The van der Waals surface area contributed by atoms with Crippen molar-refractivity contribution < 1.29 is 17.9 Å². The number of methoxy groups -OCH3 is 1. The zero-order valence-electron chi connectivity index (χ0n) is 12.0. The predicted octanol–water partition coefficient (Wildman–Crippen LogP) is 1.66. The van der Waals surface area contributed by atoms with E-state index in [9.17, 15) is 13.2 Å². The summed E-state index contributed by atoms with van der Waals surface area (Å²) in [5.41, 5.74) is 5.76. The average molecular weight is 369 g/mol. The summed E-state index contributed by atoms with van der Waals surface area (Å²) in [4.78, 5) is 11.7. The Bertz CT molecular complexity index is 651. The molecule has 9 heteroatoms. The topological polar surface area (TPSA) is 89.7 Å². The Labute approximate surface area is 141 Å². The number of carbonyl (C=O) groups excluding carboxylic acids is 1. The van der Waals surface area contributed by atoms with Crippen molar-refractivity contribution in [1.82, 2.24) is 4.31 Å². The van der Waals surface area contributed by atoms with Crippen molar-refractivity contribution >= 4 is 40.0 Å². The van der Waals surface area contributed by atoms with Crippen LogP contribution in [0.1, 0.15) is 23.2 Å². The maximum Gasteiger partial charge on any atom is 0.339 e. The minimum atomic E-state index is -3.80. The molecule has 1 aromatic carbocycles. The molecular formula is C13H18Cl2N2O4S. The van der Waals surface area contributed by atoms with Crippen LogP contribution in [0.4, 0.5) is 0 Å². The Kier molecular flexibility index (Phi) is 6.64. The first-order chi connectivity index (χ1) is 9.86. The standard InChI is InChI=1S/C13H17ClN2O4S.ClH/c1-20-13(17)11-7-9(14)4-5-12(11)21(18,19)16-6-2-3-10(15)8-16;/h4-5,7,10H,2-3,6,8,15H2,1H3;1H. The average Bonchev–Trinajstić information content (AvgIpc) is 2.46. The van der Waals surface area contributed by atoms with E-state index in [0.717, 1.165) is 6.42 Å². The molecule has 0 spiro atoms. The maximum absolute atomic E-state index is 12.7. The van der Waals surface area contributed by atoms with Gasteiger partial charge < -0.3 is 10.5 Å². The molecule has 1 heterocycles. The number of nitrogens with zero attached hydrogens (tertiary/aromatic N) is 1. The largest absolute Gasteiger partial charge is 0.465 e. The Morgan fingerprint density at radius 3 is 2.73 bits per heavy atom. The number of carbonyl (C=O) groups is 1. The zero-order valence-corrected chi connectivity index (χ0v) is 14.4. The summed E-state index contributed by atoms with van der Waals surface area (Å²) >= 11 is 5.84. The molecule has 0 bridgehead atoms. The van der Waals surface area contributed by atoms with E-state index in [0.29, 0.717) is 13.0 Å². The molecular weight excluding hydrogens is 351 g/mol. The third-order valence-corrected chi connectivity index (χ3v) is 5.54. The lowest BCUT2D eigenvalue weighted by molar-refractivity contribution is 0.0596. The van der Waals surface area contributed by atoms with Gasteiger partial charge in [0.2, 0.25) is 10.0 Å². The quantitative estimate of drug-likeness (QED) is 0.819. The van der Waals surface area contributed by atoms with Gasteiger partial charge in [0.15, 0.2) is 0 Å². The fourth-order valence-electron chi connectivity index (χ4n) is 2.33. The van der Waals surface area contributed by atoms with Crippen LogP contribution in [-0.2, 0) is 14.8 Å². The minimum Gasteiger partial charge on any atom is -0.465 e. The van der Waals surface area contributed by atoms with Gasteiger partial charge in [-0.1, -0.05) is 11.6 Å². The van der Waals surface area contributed by atoms with Crippen LogP contribution < -0.4 is 5.73 Å². The monoisotopic (exact) mass is 368 g/mol. The number of hydrogen-bond acceptors (Lipinski definition) is 5. The van der Waals surface area contributed by atoms with E-state index >= 15 is 0 Å². The van der Waals surface area contributed by atoms with Crippen LogP contribution in [0.2, 0.25) is 5.02 Å². The molecule has 0 aromatic heterocycles. The first kappa shape index (κ1) is 19.2. The molecule has 1 atom stereocenters. The van der Waals surface area contributed by atoms with E-state index in [1.54, 1.807) is 0 Å². The van der Waals surface area contributed by atoms with Crippen LogP contribution in [0.3, 0.4) is 0 Å². The van der Waals surface area contributed by atoms with Gasteiger partial charge in [-0.05, 0) is 31.0 Å². The third-order valence-electron chi connectivity index (χ3n) is 3.39. The van der Waals surface area contributed by atoms with Gasteiger partial charge in [0.1, 0.15) is 0 Å². The molecule has 1 unspecified atom stereocenters. The van der Waals surface area contributed by atoms with Crippen molar-refractivity contribution in [3.05, 3.63) is 28.8 Å². The van der Waals surface area contributed by atoms with Gasteiger partial charge in [-0.2, -0.15) is 4.31 Å². The van der Waals surface area contributed by atoms with E-state index in [-0.39, 0.29) is 40.5 Å². The predicted molar refractivity (Wildman–Crippen MR) is 86.0 cm³/mol. The summed E-state index contributed by atoms with van der Waals surface area (Å²) < 4.78 is 31.3. The molecule has 2 N–H and O–H groups in total. The van der Waals surface area contributed by atoms with Crippen LogP contribution in [-0.4, -0.2) is 44.9 Å². The summed E-state index contributed by atoms with van der Waals surface area (Å²) in [7, 11) is -2.61. The van der Waals surface area contributed by atoms with E-state index in [2.05, 4.69) is 4.74 Å². The van der Waals surface area contributed by atoms with Gasteiger partial charge in [0, 0.05) is 24.2 Å². The fraction of sp³-hybridized carbons (Fsp3) is 0.462. The van der Waals surface area contributed by atoms with Crippen molar-refractivity contribution in [2.24, 2.45) is 5.73 Å². The first-order valence-corrected chi connectivity index (χ1v) is 8.31. The number of benzene rings is 1. The molecule has 1 fully saturated rings. The van der Waals surface area contributed by atoms with Crippen molar-refractivity contribution in [1.29, 1.82) is 0 Å². The van der Waals surface area contributed by atoms with Gasteiger partial charge in [-0.25, -0.2) is 13.2 Å². The normalized spacial score (nSPS) is 19.3. The highest BCUT2D eigenvalue weighted by Gasteiger charge is 2.32. The van der Waals surface area contributed by atoms with Gasteiger partial charge >= 0.3 is 5.97 Å². The molecule has 0 aliphatic carbocycles. The summed E-state index contributed by atoms with van der Waals surface area (Å²) in [6.45, 7) is 0.630. The second-order valence-electron chi connectivity index (χ2n) is 4.90. The highest BCUT2D eigenvalue weighted by Crippen LogP contribution is 2.26. The Balaban J connectivity index is 0.00000242. The number of esters is 1. The highest BCUT2D eigenvalue weighted by atomic mass is 35.5. The zero-order chi connectivity index (χ0) is 15.6. The molecule has 1 aliphatic heterocycles. The number of piperidine rings is 1. The maximum atomic E-state index is 12.7. The molecule has 124 valence electrons. The molecule has 1 aromatic rings. The van der Waals surface area contributed by atoms with E-state index < -0.39 is 16.0 Å². The Morgan fingerprint density at radius 1 is 1.45 bits per heavy atom. The fourth-order valence-corrected chi connectivity index (χ4v) is 4.20. The number of halogens is 2. The van der Waals surface area contributed by atoms with Gasteiger partial charge in [0.25, 0.3) is 0 Å². The van der Waals surface area contributed by atoms with Crippen LogP contribution in [0.15, 0.2) is 23.1 Å². The lowest BCUT2D eigenvalue weighted by Crippen LogP contribution is -2.45. The van der Waals surface area contributed by atoms with Crippen LogP contribution in [0.5, 0.6) is 0 Å². The molecule has 0 radical (unpaired) electrons. The van der Waals surface area contributed by atoms with Gasteiger partial charge in [-0.15, -0.1) is 12.4 Å². The summed E-state index contributed by atoms with van der Waals surface area (Å²) in [5, 5.41) is 0.268. The number of sulfonamides is 1. The highest BCUT2D eigenvalue weighted by molar-refractivity contribution is 7.89. The first-order valence-electron chi connectivity index (χ1n) is 6.50. The van der Waals surface area contributed by atoms with Crippen LogP contribution in [0, 0.1) is 0 Å². The van der Waals surface area contributed by atoms with Gasteiger partial charge in [-0.3, -0.25) is 0 Å². The van der Waals surface area contributed by atoms with Crippen molar-refractivity contribution in [2.45, 2.75) is 23.8 Å². The van der Waals surface area contributed by atoms with Crippen LogP contribution >= 0.6 is 24.0 Å². The third kappa shape index (κ3) is 3.91. The smallest absolute Gasteiger partial charge is 0.339 e. The minimum absolute atomic E-state index is 0. The molecule has 22 heavy (non-hydrogen) atoms. The molecule has 0 amide bonds. The lowest BCUT2D eigenvalue weighted by Gasteiger charge is -2.30. The SMILES string of the molecule is COC(=O)c1cc(Cl)ccc1S(=O)(=O)N1CCCC(N)C1.Cl. The molecule has 1 aliphatic rings. The Hall–Kier alpha value is -0.860. The molecule has 0 saturated carbocycles. The summed E-state index contributed by atoms with van der Waals surface area (Å²) in [5.74, 6) is -0.739. The summed E-state index contributed by atoms with van der Waals surface area (Å²) in [6, 6.07) is 3.86. The molecule has 6 nitrogen and oxygen atoms in total. The molecule has 1 saturated heterocycles. The number of rotatable bonds is 3. The van der Waals surface area contributed by atoms with Crippen molar-refractivity contribution in [2.75, 3.05) is 20.2 Å². The lowest BCUT2D eigenvalue weighted by atomic mass is 10.1. The number of nitrogens with two attached hydrogens (primary N) is 1. The van der Waals surface area contributed by atoms with E-state index in [1.165, 1.54) is 29.6 Å². The van der Waals surface area contributed by atoms with Crippen LogP contribution in [0.25, 0.3) is 0 Å². The summed E-state index contributed by atoms with van der Waals surface area (Å²) in [6.07, 6.45) is 1.48. The van der Waals surface area contributed by atoms with E-state index in [4.69, 9.17) is 17.3 Å². The number of ether oxygens (including phenoxy) is 1. The second kappa shape index (κ2) is 7.61. The van der Waals surface area contributed by atoms with Crippen molar-refractivity contribution in [3.63, 3.8) is 0 Å². The Morgan fingerprint density at radius 2 is 2.14 bits per heavy atom. The molecule has 2 rings (SSSR count). The number of hydrogen-bond donors (Lipinski definition) is 1.